The second kappa shape index (κ2) is 14.2. The van der Waals surface area contributed by atoms with Gasteiger partial charge in [-0.05, 0) is 70.4 Å². The summed E-state index contributed by atoms with van der Waals surface area (Å²) in [5.41, 5.74) is 0.377. The smallest absolute Gasteiger partial charge is 0.413 e. The summed E-state index contributed by atoms with van der Waals surface area (Å²) in [7, 11) is -4.25. The van der Waals surface area contributed by atoms with E-state index in [1.54, 1.807) is 68.0 Å². The van der Waals surface area contributed by atoms with E-state index in [1.807, 2.05) is 20.8 Å². The minimum atomic E-state index is -4.25. The molecular weight excluding hydrogens is 734 g/mol. The van der Waals surface area contributed by atoms with Gasteiger partial charge < -0.3 is 14.5 Å². The van der Waals surface area contributed by atoms with E-state index in [4.69, 9.17) is 9.72 Å². The number of carbonyl (C=O) groups excluding carboxylic acids is 2. The molecule has 0 saturated carbocycles. The summed E-state index contributed by atoms with van der Waals surface area (Å²) in [6.45, 7) is 16.7. The number of halogens is 1. The number of pyridine rings is 3. The number of ether oxygens (including phenoxy) is 1. The molecule has 1 atom stereocenters. The van der Waals surface area contributed by atoms with Crippen LogP contribution in [-0.2, 0) is 19.4 Å². The second-order valence-corrected chi connectivity index (χ2v) is 17.6. The van der Waals surface area contributed by atoms with Gasteiger partial charge in [-0.25, -0.2) is 27.6 Å². The Hall–Kier alpha value is -5.22. The summed E-state index contributed by atoms with van der Waals surface area (Å²) in [6.07, 6.45) is 3.08. The first kappa shape index (κ1) is 38.5. The number of fused-ring (bicyclic) bond motifs is 2. The molecule has 284 valence electrons. The molecule has 1 saturated heterocycles. The number of hydrogen-bond donors (Lipinski definition) is 1. The molecule has 4 aromatic heterocycles. The molecule has 0 aliphatic carbocycles. The standard InChI is InChI=1S/C38H42FN7O6S2/c1-10-27(47)45-17-16-44(19-22(45)5)32-24-18-25(39)29(23-12-11-13-26-30(23)42-36(53-26)43-37(49)52-38(6,7)8)41-34(24)46(35(48)33(32)54(9,50)51)31-21(4)14-15-40-28(31)20(2)3/h10-15,18,20,22H,1,16-17,19H2,2-9H3,(H,42,43,49)/t22-/m1/s1. The van der Waals surface area contributed by atoms with Crippen molar-refractivity contribution in [3.8, 4) is 16.9 Å². The van der Waals surface area contributed by atoms with Crippen LogP contribution in [-0.4, -0.2) is 82.4 Å². The van der Waals surface area contributed by atoms with Crippen molar-refractivity contribution in [2.75, 3.05) is 36.1 Å². The molecule has 16 heteroatoms. The van der Waals surface area contributed by atoms with Crippen molar-refractivity contribution in [3.63, 3.8) is 0 Å². The third-order valence-corrected chi connectivity index (χ3v) is 11.1. The van der Waals surface area contributed by atoms with Crippen LogP contribution in [0.5, 0.6) is 0 Å². The van der Waals surface area contributed by atoms with Crippen LogP contribution in [0, 0.1) is 12.7 Å². The van der Waals surface area contributed by atoms with Gasteiger partial charge in [-0.1, -0.05) is 43.9 Å². The van der Waals surface area contributed by atoms with Gasteiger partial charge >= 0.3 is 6.09 Å². The molecule has 1 fully saturated rings. The largest absolute Gasteiger partial charge is 0.444 e. The molecule has 54 heavy (non-hydrogen) atoms. The van der Waals surface area contributed by atoms with Crippen LogP contribution in [0.25, 0.3) is 38.2 Å². The number of nitrogens with one attached hydrogen (secondary N) is 1. The molecule has 1 N–H and O–H groups in total. The molecule has 6 rings (SSSR count). The van der Waals surface area contributed by atoms with Crippen LogP contribution < -0.4 is 15.8 Å². The number of piperazine rings is 1. The fourth-order valence-electron chi connectivity index (χ4n) is 6.76. The molecule has 13 nitrogen and oxygen atoms in total. The van der Waals surface area contributed by atoms with Crippen molar-refractivity contribution >= 4 is 65.2 Å². The number of aromatic nitrogens is 4. The summed E-state index contributed by atoms with van der Waals surface area (Å²) < 4.78 is 51.5. The Kier molecular flexibility index (Phi) is 10.1. The molecule has 0 bridgehead atoms. The van der Waals surface area contributed by atoms with E-state index < -0.39 is 43.8 Å². The van der Waals surface area contributed by atoms with E-state index in [2.05, 4.69) is 21.9 Å². The molecule has 1 aliphatic rings. The van der Waals surface area contributed by atoms with E-state index in [1.165, 1.54) is 28.0 Å². The maximum atomic E-state index is 16.8. The van der Waals surface area contributed by atoms with Crippen LogP contribution in [0.3, 0.4) is 0 Å². The van der Waals surface area contributed by atoms with Crippen molar-refractivity contribution in [2.24, 2.45) is 0 Å². The molecule has 5 heterocycles. The average Bonchev–Trinajstić information content (AvgIpc) is 3.48. The predicted molar refractivity (Wildman–Crippen MR) is 209 cm³/mol. The summed E-state index contributed by atoms with van der Waals surface area (Å²) in [5.74, 6) is -1.27. The highest BCUT2D eigenvalue weighted by Crippen LogP contribution is 2.40. The number of carbonyl (C=O) groups is 2. The van der Waals surface area contributed by atoms with Crippen molar-refractivity contribution in [3.05, 3.63) is 76.6 Å². The Balaban J connectivity index is 1.67. The molecule has 0 radical (unpaired) electrons. The summed E-state index contributed by atoms with van der Waals surface area (Å²) in [4.78, 5) is 56.9. The average molecular weight is 776 g/mol. The maximum absolute atomic E-state index is 16.8. The molecule has 2 amide bonds. The highest BCUT2D eigenvalue weighted by molar-refractivity contribution is 7.90. The van der Waals surface area contributed by atoms with Gasteiger partial charge in [-0.2, -0.15) is 0 Å². The lowest BCUT2D eigenvalue weighted by molar-refractivity contribution is -0.128. The summed E-state index contributed by atoms with van der Waals surface area (Å²) in [5, 5.41) is 2.95. The Bertz CT molecular complexity index is 2520. The summed E-state index contributed by atoms with van der Waals surface area (Å²) >= 11 is 1.17. The molecule has 1 aliphatic heterocycles. The van der Waals surface area contributed by atoms with Gasteiger partial charge in [0.1, 0.15) is 17.1 Å². The number of amides is 2. The SMILES string of the molecule is C=CC(=O)N1CCN(c2c(S(C)(=O)=O)c(=O)n(-c3c(C)ccnc3C(C)C)c3nc(-c4cccc5sc(NC(=O)OC(C)(C)C)nc45)c(F)cc23)C[C@H]1C. The molecular formula is C38H42FN7O6S2. The zero-order valence-corrected chi connectivity index (χ0v) is 33.0. The van der Waals surface area contributed by atoms with Crippen LogP contribution >= 0.6 is 11.3 Å². The van der Waals surface area contributed by atoms with E-state index >= 15 is 4.39 Å². The van der Waals surface area contributed by atoms with Gasteiger partial charge in [-0.3, -0.25) is 24.5 Å². The maximum Gasteiger partial charge on any atom is 0.413 e. The van der Waals surface area contributed by atoms with Crippen molar-refractivity contribution < 1.29 is 27.1 Å². The highest BCUT2D eigenvalue weighted by Gasteiger charge is 2.35. The van der Waals surface area contributed by atoms with Gasteiger partial charge in [0.05, 0.1) is 27.3 Å². The van der Waals surface area contributed by atoms with Gasteiger partial charge in [0.2, 0.25) is 5.91 Å². The van der Waals surface area contributed by atoms with Crippen molar-refractivity contribution in [1.29, 1.82) is 0 Å². The molecule has 5 aromatic rings. The van der Waals surface area contributed by atoms with Crippen LogP contribution in [0.15, 0.2) is 58.9 Å². The second-order valence-electron chi connectivity index (χ2n) is 14.6. The minimum absolute atomic E-state index is 0.00704. The monoisotopic (exact) mass is 775 g/mol. The van der Waals surface area contributed by atoms with Crippen LogP contribution in [0.1, 0.15) is 58.7 Å². The Morgan fingerprint density at radius 1 is 1.15 bits per heavy atom. The zero-order valence-electron chi connectivity index (χ0n) is 31.4. The number of sulfone groups is 1. The fourth-order valence-corrected chi connectivity index (χ4v) is 8.64. The van der Waals surface area contributed by atoms with Gasteiger partial charge in [0, 0.05) is 49.1 Å². The number of para-hydroxylation sites is 1. The quantitative estimate of drug-likeness (QED) is 0.179. The summed E-state index contributed by atoms with van der Waals surface area (Å²) in [6, 6.07) is 7.63. The number of nitrogens with zero attached hydrogens (tertiary/aromatic N) is 6. The lowest BCUT2D eigenvalue weighted by Gasteiger charge is -2.41. The third-order valence-electron chi connectivity index (χ3n) is 9.01. The van der Waals surface area contributed by atoms with Crippen LogP contribution in [0.2, 0.25) is 0 Å². The molecule has 0 spiro atoms. The Morgan fingerprint density at radius 3 is 2.50 bits per heavy atom. The topological polar surface area (TPSA) is 157 Å². The lowest BCUT2D eigenvalue weighted by atomic mass is 10.0. The minimum Gasteiger partial charge on any atom is -0.444 e. The van der Waals surface area contributed by atoms with E-state index in [9.17, 15) is 22.8 Å². The van der Waals surface area contributed by atoms with Crippen molar-refractivity contribution in [1.82, 2.24) is 24.4 Å². The van der Waals surface area contributed by atoms with Gasteiger partial charge in [0.15, 0.2) is 25.5 Å². The number of rotatable bonds is 7. The van der Waals surface area contributed by atoms with Crippen molar-refractivity contribution in [2.45, 2.75) is 70.9 Å². The number of hydrogen-bond acceptors (Lipinski definition) is 11. The van der Waals surface area contributed by atoms with Crippen LogP contribution in [0.4, 0.5) is 20.0 Å². The number of anilines is 2. The fraction of sp³-hybridized carbons (Fsp3) is 0.368. The Labute approximate surface area is 316 Å². The normalized spacial score (nSPS) is 15.3. The predicted octanol–water partition coefficient (Wildman–Crippen LogP) is 6.60. The van der Waals surface area contributed by atoms with E-state index in [-0.39, 0.29) is 64.6 Å². The first-order valence-electron chi connectivity index (χ1n) is 17.3. The first-order valence-corrected chi connectivity index (χ1v) is 20.0. The Morgan fingerprint density at radius 2 is 1.87 bits per heavy atom. The van der Waals surface area contributed by atoms with E-state index in [0.717, 1.165) is 6.26 Å². The first-order chi connectivity index (χ1) is 25.3. The number of thiazole rings is 1. The number of aryl methyl sites for hydroxylation is 1. The highest BCUT2D eigenvalue weighted by atomic mass is 32.2. The lowest BCUT2D eigenvalue weighted by Crippen LogP contribution is -2.54. The van der Waals surface area contributed by atoms with E-state index in [0.29, 0.717) is 27.2 Å². The number of benzene rings is 1. The zero-order chi connectivity index (χ0) is 39.4. The van der Waals surface area contributed by atoms with Gasteiger partial charge in [-0.15, -0.1) is 0 Å². The van der Waals surface area contributed by atoms with Gasteiger partial charge in [0.25, 0.3) is 5.56 Å². The molecule has 1 aromatic carbocycles. The molecule has 0 unspecified atom stereocenters. The third kappa shape index (κ3) is 7.19.